The Morgan fingerprint density at radius 2 is 1.74 bits per heavy atom. The second-order valence-corrected chi connectivity index (χ2v) is 6.51. The lowest BCUT2D eigenvalue weighted by Gasteiger charge is -2.09. The van der Waals surface area contributed by atoms with Crippen molar-refractivity contribution in [1.82, 2.24) is 5.43 Å². The Balaban J connectivity index is 1.83. The molecule has 27 heavy (non-hydrogen) atoms. The summed E-state index contributed by atoms with van der Waals surface area (Å²) in [5, 5.41) is 15.7. The lowest BCUT2D eigenvalue weighted by Crippen LogP contribution is -2.18. The van der Waals surface area contributed by atoms with Crippen LogP contribution in [0.2, 0.25) is 0 Å². The van der Waals surface area contributed by atoms with Crippen LogP contribution in [0, 0.1) is 0 Å². The topological polar surface area (TPSA) is 80.2 Å². The fourth-order valence-corrected chi connectivity index (χ4v) is 3.08. The minimum absolute atomic E-state index is 0.000384. The molecule has 3 rings (SSSR count). The van der Waals surface area contributed by atoms with Gasteiger partial charge in [0.05, 0.1) is 30.5 Å². The molecule has 0 radical (unpaired) electrons. The number of ether oxygens (including phenoxy) is 2. The van der Waals surface area contributed by atoms with Gasteiger partial charge in [0, 0.05) is 0 Å². The minimum Gasteiger partial charge on any atom is -0.503 e. The van der Waals surface area contributed by atoms with Gasteiger partial charge >= 0.3 is 0 Å². The molecule has 0 aromatic heterocycles. The van der Waals surface area contributed by atoms with Gasteiger partial charge in [0.25, 0.3) is 5.91 Å². The standard InChI is InChI=1S/C20H17BrN2O4/c1-26-17-10-14-6-4-3-5-13(14)9-15(17)20(25)23-22-11-12-7-16(21)19(24)18(8-12)27-2/h3-11,24H,1-2H3,(H,23,25)/b22-11-. The van der Waals surface area contributed by atoms with Crippen LogP contribution < -0.4 is 14.9 Å². The number of phenolic OH excluding ortho intramolecular Hbond substituents is 1. The highest BCUT2D eigenvalue weighted by Gasteiger charge is 2.13. The summed E-state index contributed by atoms with van der Waals surface area (Å²) in [7, 11) is 2.97. The van der Waals surface area contributed by atoms with E-state index in [1.807, 2.05) is 30.3 Å². The Morgan fingerprint density at radius 1 is 1.07 bits per heavy atom. The summed E-state index contributed by atoms with van der Waals surface area (Å²) in [6, 6.07) is 14.6. The maximum Gasteiger partial charge on any atom is 0.275 e. The molecule has 0 atom stereocenters. The number of hydrazone groups is 1. The fourth-order valence-electron chi connectivity index (χ4n) is 2.62. The van der Waals surface area contributed by atoms with Crippen molar-refractivity contribution < 1.29 is 19.4 Å². The van der Waals surface area contributed by atoms with Gasteiger partial charge in [0.15, 0.2) is 11.5 Å². The van der Waals surface area contributed by atoms with Gasteiger partial charge in [-0.3, -0.25) is 4.79 Å². The van der Waals surface area contributed by atoms with Gasteiger partial charge in [0.2, 0.25) is 0 Å². The van der Waals surface area contributed by atoms with E-state index in [1.165, 1.54) is 20.4 Å². The van der Waals surface area contributed by atoms with E-state index in [0.29, 0.717) is 27.1 Å². The number of hydrogen-bond donors (Lipinski definition) is 2. The summed E-state index contributed by atoms with van der Waals surface area (Å²) >= 11 is 3.24. The van der Waals surface area contributed by atoms with E-state index < -0.39 is 5.91 Å². The van der Waals surface area contributed by atoms with Crippen LogP contribution >= 0.6 is 15.9 Å². The molecule has 0 saturated carbocycles. The predicted octanol–water partition coefficient (Wildman–Crippen LogP) is 4.09. The van der Waals surface area contributed by atoms with Gasteiger partial charge in [-0.05, 0) is 56.5 Å². The van der Waals surface area contributed by atoms with Gasteiger partial charge in [-0.15, -0.1) is 0 Å². The molecular weight excluding hydrogens is 412 g/mol. The average Bonchev–Trinajstić information content (AvgIpc) is 2.69. The highest BCUT2D eigenvalue weighted by atomic mass is 79.9. The molecule has 1 amide bonds. The molecule has 3 aromatic carbocycles. The lowest BCUT2D eigenvalue weighted by molar-refractivity contribution is 0.0952. The normalized spacial score (nSPS) is 10.9. The summed E-state index contributed by atoms with van der Waals surface area (Å²) in [6.07, 6.45) is 1.46. The van der Waals surface area contributed by atoms with E-state index in [0.717, 1.165) is 10.8 Å². The monoisotopic (exact) mass is 428 g/mol. The predicted molar refractivity (Wildman–Crippen MR) is 108 cm³/mol. The molecule has 0 heterocycles. The third kappa shape index (κ3) is 4.03. The van der Waals surface area contributed by atoms with Gasteiger partial charge in [0.1, 0.15) is 5.75 Å². The molecule has 3 aromatic rings. The van der Waals surface area contributed by atoms with Gasteiger partial charge in [-0.25, -0.2) is 5.43 Å². The average molecular weight is 429 g/mol. The van der Waals surface area contributed by atoms with Gasteiger partial charge < -0.3 is 14.6 Å². The van der Waals surface area contributed by atoms with Crippen LogP contribution in [0.4, 0.5) is 0 Å². The molecule has 138 valence electrons. The molecule has 6 nitrogen and oxygen atoms in total. The first-order valence-electron chi connectivity index (χ1n) is 8.00. The Hall–Kier alpha value is -3.06. The van der Waals surface area contributed by atoms with E-state index >= 15 is 0 Å². The highest BCUT2D eigenvalue weighted by Crippen LogP contribution is 2.34. The number of nitrogens with zero attached hydrogens (tertiary/aromatic N) is 1. The van der Waals surface area contributed by atoms with E-state index in [2.05, 4.69) is 26.5 Å². The van der Waals surface area contributed by atoms with Crippen molar-refractivity contribution in [3.05, 3.63) is 64.1 Å². The van der Waals surface area contributed by atoms with Crippen LogP contribution in [0.25, 0.3) is 10.8 Å². The number of phenols is 1. The number of rotatable bonds is 5. The molecule has 2 N–H and O–H groups in total. The van der Waals surface area contributed by atoms with Crippen LogP contribution in [0.5, 0.6) is 17.2 Å². The Bertz CT molecular complexity index is 1030. The van der Waals surface area contributed by atoms with E-state index in [9.17, 15) is 9.90 Å². The first-order valence-corrected chi connectivity index (χ1v) is 8.79. The van der Waals surface area contributed by atoms with Crippen LogP contribution in [0.3, 0.4) is 0 Å². The summed E-state index contributed by atoms with van der Waals surface area (Å²) in [6.45, 7) is 0. The van der Waals surface area contributed by atoms with Crippen molar-refractivity contribution >= 4 is 38.8 Å². The van der Waals surface area contributed by atoms with Crippen LogP contribution in [-0.4, -0.2) is 31.4 Å². The van der Waals surface area contributed by atoms with E-state index in [1.54, 1.807) is 18.2 Å². The molecule has 0 spiro atoms. The number of nitrogens with one attached hydrogen (secondary N) is 1. The summed E-state index contributed by atoms with van der Waals surface area (Å²) in [5.74, 6) is 0.377. The minimum atomic E-state index is -0.390. The van der Waals surface area contributed by atoms with Crippen molar-refractivity contribution in [1.29, 1.82) is 0 Å². The third-order valence-corrected chi connectivity index (χ3v) is 4.57. The molecule has 7 heteroatoms. The molecule has 0 saturated heterocycles. The molecular formula is C20H17BrN2O4. The molecule has 0 unspecified atom stereocenters. The third-order valence-electron chi connectivity index (χ3n) is 3.96. The van der Waals surface area contributed by atoms with E-state index in [-0.39, 0.29) is 5.75 Å². The summed E-state index contributed by atoms with van der Waals surface area (Å²) in [4.78, 5) is 12.5. The molecule has 0 fully saturated rings. The SMILES string of the molecule is COc1cc2ccccc2cc1C(=O)N/N=C\c1cc(Br)c(O)c(OC)c1. The number of carbonyl (C=O) groups is 1. The van der Waals surface area contributed by atoms with Crippen LogP contribution in [0.15, 0.2) is 58.1 Å². The quantitative estimate of drug-likeness (QED) is 0.473. The molecule has 0 aliphatic heterocycles. The fraction of sp³-hybridized carbons (Fsp3) is 0.100. The van der Waals surface area contributed by atoms with Crippen molar-refractivity contribution in [3.63, 3.8) is 0 Å². The maximum absolute atomic E-state index is 12.5. The number of amides is 1. The van der Waals surface area contributed by atoms with Crippen LogP contribution in [-0.2, 0) is 0 Å². The number of halogens is 1. The number of aromatic hydroxyl groups is 1. The first-order chi connectivity index (χ1) is 13.0. The van der Waals surface area contributed by atoms with Crippen molar-refractivity contribution in [2.24, 2.45) is 5.10 Å². The summed E-state index contributed by atoms with van der Waals surface area (Å²) < 4.78 is 10.9. The molecule has 0 aliphatic rings. The zero-order valence-electron chi connectivity index (χ0n) is 14.7. The second kappa shape index (κ2) is 8.09. The first kappa shape index (κ1) is 18.7. The Morgan fingerprint density at radius 3 is 2.41 bits per heavy atom. The van der Waals surface area contributed by atoms with Gasteiger partial charge in [-0.2, -0.15) is 5.10 Å². The largest absolute Gasteiger partial charge is 0.503 e. The number of hydrogen-bond acceptors (Lipinski definition) is 5. The van der Waals surface area contributed by atoms with Crippen molar-refractivity contribution in [2.75, 3.05) is 14.2 Å². The van der Waals surface area contributed by atoms with Crippen LogP contribution in [0.1, 0.15) is 15.9 Å². The Kier molecular flexibility index (Phi) is 5.61. The zero-order valence-corrected chi connectivity index (χ0v) is 16.3. The summed E-state index contributed by atoms with van der Waals surface area (Å²) in [5.41, 5.74) is 3.52. The number of benzene rings is 3. The second-order valence-electron chi connectivity index (χ2n) is 5.65. The number of methoxy groups -OCH3 is 2. The van der Waals surface area contributed by atoms with Crippen molar-refractivity contribution in [2.45, 2.75) is 0 Å². The van der Waals surface area contributed by atoms with E-state index in [4.69, 9.17) is 9.47 Å². The van der Waals surface area contributed by atoms with Gasteiger partial charge in [-0.1, -0.05) is 24.3 Å². The molecule has 0 bridgehead atoms. The number of fused-ring (bicyclic) bond motifs is 1. The maximum atomic E-state index is 12.5. The Labute approximate surface area is 164 Å². The zero-order chi connectivity index (χ0) is 19.4. The van der Waals surface area contributed by atoms with Crippen molar-refractivity contribution in [3.8, 4) is 17.2 Å². The number of carbonyl (C=O) groups excluding carboxylic acids is 1. The highest BCUT2D eigenvalue weighted by molar-refractivity contribution is 9.10. The smallest absolute Gasteiger partial charge is 0.275 e. The molecule has 0 aliphatic carbocycles. The lowest BCUT2D eigenvalue weighted by atomic mass is 10.1.